The minimum absolute atomic E-state index is 0.153. The summed E-state index contributed by atoms with van der Waals surface area (Å²) in [4.78, 5) is 15.5. The molecule has 1 saturated heterocycles. The molecule has 5 rings (SSSR count). The van der Waals surface area contributed by atoms with Crippen LogP contribution in [0.3, 0.4) is 0 Å². The summed E-state index contributed by atoms with van der Waals surface area (Å²) in [6.07, 6.45) is 9.92. The highest BCUT2D eigenvalue weighted by Crippen LogP contribution is 2.30. The smallest absolute Gasteiger partial charge is 0.225 e. The van der Waals surface area contributed by atoms with E-state index in [-0.39, 0.29) is 24.0 Å². The molecule has 0 aliphatic carbocycles. The minimum atomic E-state index is -0.424. The summed E-state index contributed by atoms with van der Waals surface area (Å²) in [5.74, 6) is 0.191. The van der Waals surface area contributed by atoms with E-state index in [4.69, 9.17) is 5.73 Å². The average Bonchev–Trinajstić information content (AvgIpc) is 3.23. The van der Waals surface area contributed by atoms with Gasteiger partial charge in [-0.1, -0.05) is 6.92 Å². The number of hydrogen-bond donors (Lipinski definition) is 1. The molecule has 0 bridgehead atoms. The van der Waals surface area contributed by atoms with Crippen molar-refractivity contribution >= 4 is 22.5 Å². The summed E-state index contributed by atoms with van der Waals surface area (Å²) < 4.78 is 31.0. The topological polar surface area (TPSA) is 72.9 Å². The zero-order chi connectivity index (χ0) is 22.9. The number of piperidine rings is 1. The van der Waals surface area contributed by atoms with Crippen molar-refractivity contribution in [3.8, 4) is 0 Å². The molecule has 4 aromatic rings. The molecule has 1 aromatic carbocycles. The molecule has 170 valence electrons. The van der Waals surface area contributed by atoms with Gasteiger partial charge in [0.2, 0.25) is 5.95 Å². The van der Waals surface area contributed by atoms with Gasteiger partial charge in [-0.3, -0.25) is 4.98 Å². The Kier molecular flexibility index (Phi) is 5.66. The molecule has 0 amide bonds. The molecular weight excluding hydrogens is 422 g/mol. The number of benzene rings is 1. The SMILES string of the molecule is CCc1cnc(N2CCC(c3cnc(Cn4ccc5cc(N)cc(F)c54)c(F)c3)CC2)nc1. The van der Waals surface area contributed by atoms with Crippen LogP contribution < -0.4 is 10.6 Å². The van der Waals surface area contributed by atoms with E-state index in [2.05, 4.69) is 26.8 Å². The Morgan fingerprint density at radius 1 is 1.00 bits per heavy atom. The van der Waals surface area contributed by atoms with Crippen molar-refractivity contribution in [2.75, 3.05) is 23.7 Å². The minimum Gasteiger partial charge on any atom is -0.399 e. The third-order valence-corrected chi connectivity index (χ3v) is 6.44. The van der Waals surface area contributed by atoms with Gasteiger partial charge in [-0.15, -0.1) is 0 Å². The number of aromatic nitrogens is 4. The van der Waals surface area contributed by atoms with Gasteiger partial charge in [0.15, 0.2) is 0 Å². The Hall–Kier alpha value is -3.55. The third-order valence-electron chi connectivity index (χ3n) is 6.44. The lowest BCUT2D eigenvalue weighted by atomic mass is 9.90. The van der Waals surface area contributed by atoms with Crippen LogP contribution in [0.1, 0.15) is 42.5 Å². The van der Waals surface area contributed by atoms with Gasteiger partial charge < -0.3 is 15.2 Å². The summed E-state index contributed by atoms with van der Waals surface area (Å²) in [5, 5.41) is 0.685. The lowest BCUT2D eigenvalue weighted by Gasteiger charge is -2.32. The van der Waals surface area contributed by atoms with E-state index in [0.717, 1.165) is 49.4 Å². The molecule has 1 aliphatic heterocycles. The second kappa shape index (κ2) is 8.77. The van der Waals surface area contributed by atoms with Crippen LogP contribution in [0.5, 0.6) is 0 Å². The molecule has 0 radical (unpaired) electrons. The molecule has 6 nitrogen and oxygen atoms in total. The van der Waals surface area contributed by atoms with Gasteiger partial charge in [0, 0.05) is 49.0 Å². The molecule has 1 fully saturated rings. The van der Waals surface area contributed by atoms with Crippen molar-refractivity contribution in [3.05, 3.63) is 77.5 Å². The van der Waals surface area contributed by atoms with E-state index < -0.39 is 5.82 Å². The molecule has 0 spiro atoms. The van der Waals surface area contributed by atoms with Gasteiger partial charge in [-0.2, -0.15) is 0 Å². The number of pyridine rings is 1. The van der Waals surface area contributed by atoms with Gasteiger partial charge in [0.05, 0.1) is 17.8 Å². The second-order valence-electron chi connectivity index (χ2n) is 8.59. The predicted molar refractivity (Wildman–Crippen MR) is 125 cm³/mol. The Bertz CT molecular complexity index is 1280. The van der Waals surface area contributed by atoms with Crippen molar-refractivity contribution in [1.29, 1.82) is 0 Å². The van der Waals surface area contributed by atoms with Crippen LogP contribution in [0.25, 0.3) is 10.9 Å². The number of hydrogen-bond acceptors (Lipinski definition) is 5. The van der Waals surface area contributed by atoms with Crippen LogP contribution in [-0.2, 0) is 13.0 Å². The maximum Gasteiger partial charge on any atom is 0.225 e. The standard InChI is InChI=1S/C25H26F2N6/c1-2-16-12-30-25(31-13-16)32-6-3-17(4-7-32)19-10-21(26)23(29-14-19)15-33-8-5-18-9-20(28)11-22(27)24(18)33/h5,8-14,17H,2-4,6-7,15,28H2,1H3. The fourth-order valence-electron chi connectivity index (χ4n) is 4.54. The number of aryl methyl sites for hydroxylation is 1. The molecule has 0 atom stereocenters. The Morgan fingerprint density at radius 3 is 2.45 bits per heavy atom. The number of nitrogens with two attached hydrogens (primary N) is 1. The zero-order valence-electron chi connectivity index (χ0n) is 18.5. The number of nitrogens with zero attached hydrogens (tertiary/aromatic N) is 5. The number of rotatable bonds is 5. The van der Waals surface area contributed by atoms with Crippen LogP contribution in [-0.4, -0.2) is 32.6 Å². The van der Waals surface area contributed by atoms with E-state index in [1.54, 1.807) is 35.2 Å². The lowest BCUT2D eigenvalue weighted by molar-refractivity contribution is 0.492. The fourth-order valence-corrected chi connectivity index (χ4v) is 4.54. The van der Waals surface area contributed by atoms with Gasteiger partial charge in [-0.05, 0) is 60.6 Å². The van der Waals surface area contributed by atoms with Crippen molar-refractivity contribution in [2.24, 2.45) is 0 Å². The third kappa shape index (κ3) is 4.25. The van der Waals surface area contributed by atoms with Gasteiger partial charge in [0.1, 0.15) is 11.6 Å². The number of anilines is 2. The fraction of sp³-hybridized carbons (Fsp3) is 0.320. The molecule has 33 heavy (non-hydrogen) atoms. The largest absolute Gasteiger partial charge is 0.399 e. The van der Waals surface area contributed by atoms with Crippen LogP contribution in [0.2, 0.25) is 0 Å². The second-order valence-corrected chi connectivity index (χ2v) is 8.59. The van der Waals surface area contributed by atoms with Crippen molar-refractivity contribution < 1.29 is 8.78 Å². The van der Waals surface area contributed by atoms with Crippen LogP contribution >= 0.6 is 0 Å². The van der Waals surface area contributed by atoms with Gasteiger partial charge >= 0.3 is 0 Å². The van der Waals surface area contributed by atoms with E-state index >= 15 is 0 Å². The molecule has 1 aliphatic rings. The molecule has 4 heterocycles. The monoisotopic (exact) mass is 448 g/mol. The van der Waals surface area contributed by atoms with E-state index in [1.165, 1.54) is 6.07 Å². The van der Waals surface area contributed by atoms with Gasteiger partial charge in [0.25, 0.3) is 0 Å². The lowest BCUT2D eigenvalue weighted by Crippen LogP contribution is -2.34. The molecule has 0 saturated carbocycles. The zero-order valence-corrected chi connectivity index (χ0v) is 18.5. The summed E-state index contributed by atoms with van der Waals surface area (Å²) in [5.41, 5.74) is 8.79. The van der Waals surface area contributed by atoms with E-state index in [9.17, 15) is 8.78 Å². The summed E-state index contributed by atoms with van der Waals surface area (Å²) in [6, 6.07) is 6.34. The van der Waals surface area contributed by atoms with Crippen LogP contribution in [0.15, 0.2) is 49.1 Å². The normalized spacial score (nSPS) is 14.8. The Labute approximate surface area is 191 Å². The molecule has 2 N–H and O–H groups in total. The molecule has 0 unspecified atom stereocenters. The average molecular weight is 449 g/mol. The number of fused-ring (bicyclic) bond motifs is 1. The predicted octanol–water partition coefficient (Wildman–Crippen LogP) is 4.68. The highest BCUT2D eigenvalue weighted by molar-refractivity contribution is 5.84. The van der Waals surface area contributed by atoms with Gasteiger partial charge in [-0.25, -0.2) is 18.7 Å². The highest BCUT2D eigenvalue weighted by Gasteiger charge is 2.23. The Morgan fingerprint density at radius 2 is 1.76 bits per heavy atom. The first-order valence-electron chi connectivity index (χ1n) is 11.3. The summed E-state index contributed by atoms with van der Waals surface area (Å²) in [7, 11) is 0. The maximum absolute atomic E-state index is 15.0. The first kappa shape index (κ1) is 21.3. The van der Waals surface area contributed by atoms with Crippen LogP contribution in [0.4, 0.5) is 20.4 Å². The summed E-state index contributed by atoms with van der Waals surface area (Å²) in [6.45, 7) is 3.87. The Balaban J connectivity index is 1.28. The molecule has 3 aromatic heterocycles. The van der Waals surface area contributed by atoms with Crippen molar-refractivity contribution in [1.82, 2.24) is 19.5 Å². The van der Waals surface area contributed by atoms with Crippen molar-refractivity contribution in [3.63, 3.8) is 0 Å². The molecular formula is C25H26F2N6. The summed E-state index contributed by atoms with van der Waals surface area (Å²) >= 11 is 0. The van der Waals surface area contributed by atoms with Crippen molar-refractivity contribution in [2.45, 2.75) is 38.6 Å². The quantitative estimate of drug-likeness (QED) is 0.449. The van der Waals surface area contributed by atoms with E-state index in [1.807, 2.05) is 12.4 Å². The van der Waals surface area contributed by atoms with Crippen LogP contribution in [0, 0.1) is 11.6 Å². The maximum atomic E-state index is 15.0. The molecule has 8 heteroatoms. The first-order chi connectivity index (χ1) is 16.0. The highest BCUT2D eigenvalue weighted by atomic mass is 19.1. The number of halogens is 2. The number of nitrogen functional groups attached to an aromatic ring is 1. The van der Waals surface area contributed by atoms with E-state index in [0.29, 0.717) is 16.6 Å². The first-order valence-corrected chi connectivity index (χ1v) is 11.3.